The van der Waals surface area contributed by atoms with E-state index in [4.69, 9.17) is 5.73 Å². The molecular weight excluding hydrogens is 480 g/mol. The van der Waals surface area contributed by atoms with Crippen LogP contribution < -0.4 is 11.1 Å². The van der Waals surface area contributed by atoms with Gasteiger partial charge in [-0.05, 0) is 34.2 Å². The number of carbonyl (C=O) groups is 3. The predicted molar refractivity (Wildman–Crippen MR) is 145 cm³/mol. The molecule has 38 heavy (non-hydrogen) atoms. The monoisotopic (exact) mass is 514 g/mol. The Balaban J connectivity index is 1.48. The van der Waals surface area contributed by atoms with Crippen LogP contribution >= 0.6 is 0 Å². The van der Waals surface area contributed by atoms with Crippen LogP contribution in [0.1, 0.15) is 37.3 Å². The summed E-state index contributed by atoms with van der Waals surface area (Å²) in [7, 11) is 0. The highest BCUT2D eigenvalue weighted by Crippen LogP contribution is 2.30. The first kappa shape index (κ1) is 27.0. The smallest absolute Gasteiger partial charge is 0.243 e. The molecule has 1 saturated heterocycles. The number of aromatic nitrogens is 1. The number of aliphatic hydroxyl groups excluding tert-OH is 1. The van der Waals surface area contributed by atoms with Crippen molar-refractivity contribution in [2.24, 2.45) is 11.7 Å². The number of benzene rings is 2. The number of aliphatic hydroxyl groups is 1. The van der Waals surface area contributed by atoms with Crippen LogP contribution in [0, 0.1) is 5.92 Å². The Morgan fingerprint density at radius 2 is 1.71 bits per heavy atom. The van der Waals surface area contributed by atoms with Gasteiger partial charge in [0.25, 0.3) is 0 Å². The Kier molecular flexibility index (Phi) is 8.53. The van der Waals surface area contributed by atoms with Gasteiger partial charge in [0.15, 0.2) is 0 Å². The average Bonchev–Trinajstić information content (AvgIpc) is 3.31. The summed E-state index contributed by atoms with van der Waals surface area (Å²) in [5.74, 6) is -1.99. The van der Waals surface area contributed by atoms with Crippen molar-refractivity contribution in [3.63, 3.8) is 0 Å². The molecule has 2 aromatic carbocycles. The summed E-state index contributed by atoms with van der Waals surface area (Å²) in [6, 6.07) is 19.4. The van der Waals surface area contributed by atoms with E-state index >= 15 is 0 Å². The van der Waals surface area contributed by atoms with E-state index in [0.29, 0.717) is 0 Å². The van der Waals surface area contributed by atoms with Crippen molar-refractivity contribution in [1.82, 2.24) is 15.2 Å². The third kappa shape index (κ3) is 6.26. The number of primary amides is 1. The molecule has 1 aliphatic heterocycles. The summed E-state index contributed by atoms with van der Waals surface area (Å²) in [5, 5.41) is 13.1. The second-order valence-electron chi connectivity index (χ2n) is 10.1. The Morgan fingerprint density at radius 3 is 2.32 bits per heavy atom. The number of pyridine rings is 1. The molecule has 3 amide bonds. The van der Waals surface area contributed by atoms with Crippen LogP contribution in [0.5, 0.6) is 0 Å². The normalized spacial score (nSPS) is 18.7. The highest BCUT2D eigenvalue weighted by atomic mass is 16.3. The van der Waals surface area contributed by atoms with E-state index in [1.807, 2.05) is 74.5 Å². The minimum Gasteiger partial charge on any atom is -0.391 e. The van der Waals surface area contributed by atoms with Gasteiger partial charge in [-0.15, -0.1) is 0 Å². The van der Waals surface area contributed by atoms with Crippen molar-refractivity contribution >= 4 is 17.7 Å². The van der Waals surface area contributed by atoms with E-state index in [9.17, 15) is 19.5 Å². The van der Waals surface area contributed by atoms with E-state index in [0.717, 1.165) is 22.3 Å². The lowest BCUT2D eigenvalue weighted by molar-refractivity contribution is -0.141. The average molecular weight is 515 g/mol. The van der Waals surface area contributed by atoms with Crippen molar-refractivity contribution in [2.45, 2.75) is 50.8 Å². The molecule has 0 aliphatic carbocycles. The molecule has 0 bridgehead atoms. The maximum atomic E-state index is 13.6. The first-order valence-electron chi connectivity index (χ1n) is 12.9. The number of nitrogens with zero attached hydrogens (tertiary/aromatic N) is 2. The fourth-order valence-corrected chi connectivity index (χ4v) is 5.05. The largest absolute Gasteiger partial charge is 0.391 e. The van der Waals surface area contributed by atoms with E-state index < -0.39 is 35.9 Å². The maximum absolute atomic E-state index is 13.6. The third-order valence-corrected chi connectivity index (χ3v) is 7.00. The molecule has 4 atom stereocenters. The molecule has 4 N–H and O–H groups in total. The zero-order chi connectivity index (χ0) is 27.2. The maximum Gasteiger partial charge on any atom is 0.243 e. The van der Waals surface area contributed by atoms with Gasteiger partial charge in [-0.3, -0.25) is 19.4 Å². The second-order valence-corrected chi connectivity index (χ2v) is 10.1. The van der Waals surface area contributed by atoms with Crippen LogP contribution in [0.15, 0.2) is 79.1 Å². The molecule has 0 unspecified atom stereocenters. The predicted octanol–water partition coefficient (Wildman–Crippen LogP) is 2.66. The fraction of sp³-hybridized carbons (Fsp3) is 0.333. The van der Waals surface area contributed by atoms with E-state index in [2.05, 4.69) is 10.3 Å². The number of likely N-dealkylation sites (tertiary alicyclic amines) is 1. The van der Waals surface area contributed by atoms with E-state index in [-0.39, 0.29) is 31.2 Å². The summed E-state index contributed by atoms with van der Waals surface area (Å²) in [5.41, 5.74) is 9.35. The van der Waals surface area contributed by atoms with Gasteiger partial charge >= 0.3 is 0 Å². The lowest BCUT2D eigenvalue weighted by Gasteiger charge is -2.30. The van der Waals surface area contributed by atoms with Crippen LogP contribution in [0.25, 0.3) is 11.1 Å². The van der Waals surface area contributed by atoms with Crippen molar-refractivity contribution < 1.29 is 19.5 Å². The van der Waals surface area contributed by atoms with E-state index in [1.165, 1.54) is 4.90 Å². The molecule has 2 heterocycles. The molecule has 0 spiro atoms. The summed E-state index contributed by atoms with van der Waals surface area (Å²) in [6.45, 7) is 3.91. The molecule has 4 rings (SSSR count). The Labute approximate surface area is 222 Å². The topological polar surface area (TPSA) is 126 Å². The van der Waals surface area contributed by atoms with Crippen LogP contribution in [-0.4, -0.2) is 57.4 Å². The molecule has 8 heteroatoms. The first-order chi connectivity index (χ1) is 18.2. The summed E-state index contributed by atoms with van der Waals surface area (Å²) < 4.78 is 0. The molecule has 8 nitrogen and oxygen atoms in total. The van der Waals surface area contributed by atoms with Gasteiger partial charge in [0, 0.05) is 31.8 Å². The minimum atomic E-state index is -0.959. The molecule has 0 saturated carbocycles. The zero-order valence-electron chi connectivity index (χ0n) is 21.7. The van der Waals surface area contributed by atoms with Crippen LogP contribution in [-0.2, 0) is 20.8 Å². The zero-order valence-corrected chi connectivity index (χ0v) is 21.7. The molecule has 3 aromatic rings. The lowest BCUT2D eigenvalue weighted by Crippen LogP contribution is -2.53. The van der Waals surface area contributed by atoms with Gasteiger partial charge in [0.05, 0.1) is 12.0 Å². The van der Waals surface area contributed by atoms with Gasteiger partial charge in [-0.2, -0.15) is 0 Å². The molecule has 198 valence electrons. The van der Waals surface area contributed by atoms with Crippen LogP contribution in [0.3, 0.4) is 0 Å². The van der Waals surface area contributed by atoms with Crippen LogP contribution in [0.4, 0.5) is 0 Å². The Bertz CT molecular complexity index is 1250. The standard InChI is InChI=1S/C30H34N4O4/c1-19(2)27(23-9-6-14-32-17-23)30(38)34-18-24(35)16-26(34)29(37)33-25(28(31)36)15-20-10-12-22(13-11-20)21-7-4-3-5-8-21/h3-14,17,19,24-27,35H,15-16,18H2,1-2H3,(H2,31,36)(H,33,37)/t24-,25-,26+,27-/m1/s1. The van der Waals surface area contributed by atoms with Crippen molar-refractivity contribution in [3.05, 3.63) is 90.3 Å². The number of nitrogens with one attached hydrogen (secondary N) is 1. The number of β-amino-alcohol motifs (C(OH)–C–C–N with tert-alkyl or cyclic N) is 1. The number of amides is 3. The first-order valence-corrected chi connectivity index (χ1v) is 12.9. The number of hydrogen-bond donors (Lipinski definition) is 3. The SMILES string of the molecule is CC(C)[C@@H](C(=O)N1C[C@H](O)C[C@H]1C(=O)N[C@H](Cc1ccc(-c2ccccc2)cc1)C(N)=O)c1cccnc1. The number of nitrogens with two attached hydrogens (primary N) is 1. The van der Waals surface area contributed by atoms with Gasteiger partial charge in [0.2, 0.25) is 17.7 Å². The Hall–Kier alpha value is -4.04. The van der Waals surface area contributed by atoms with Crippen molar-refractivity contribution in [1.29, 1.82) is 0 Å². The van der Waals surface area contributed by atoms with Gasteiger partial charge in [0.1, 0.15) is 12.1 Å². The molecular formula is C30H34N4O4. The highest BCUT2D eigenvalue weighted by Gasteiger charge is 2.42. The number of hydrogen-bond acceptors (Lipinski definition) is 5. The van der Waals surface area contributed by atoms with Crippen molar-refractivity contribution in [3.8, 4) is 11.1 Å². The van der Waals surface area contributed by atoms with Crippen LogP contribution in [0.2, 0.25) is 0 Å². The van der Waals surface area contributed by atoms with Gasteiger partial charge < -0.3 is 21.1 Å². The van der Waals surface area contributed by atoms with Gasteiger partial charge in [-0.1, -0.05) is 74.5 Å². The summed E-state index contributed by atoms with van der Waals surface area (Å²) in [4.78, 5) is 44.8. The van der Waals surface area contributed by atoms with Crippen molar-refractivity contribution in [2.75, 3.05) is 6.54 Å². The quantitative estimate of drug-likeness (QED) is 0.405. The fourth-order valence-electron chi connectivity index (χ4n) is 5.05. The van der Waals surface area contributed by atoms with Gasteiger partial charge in [-0.25, -0.2) is 0 Å². The summed E-state index contributed by atoms with van der Waals surface area (Å²) in [6.07, 6.45) is 2.75. The highest BCUT2D eigenvalue weighted by molar-refractivity contribution is 5.94. The molecule has 1 fully saturated rings. The molecule has 1 aliphatic rings. The molecule has 1 aromatic heterocycles. The number of carbonyl (C=O) groups excluding carboxylic acids is 3. The lowest BCUT2D eigenvalue weighted by atomic mass is 9.88. The Morgan fingerprint density at radius 1 is 1.03 bits per heavy atom. The minimum absolute atomic E-state index is 0.0442. The van der Waals surface area contributed by atoms with E-state index in [1.54, 1.807) is 18.5 Å². The number of rotatable bonds is 9. The third-order valence-electron chi connectivity index (χ3n) is 7.00. The summed E-state index contributed by atoms with van der Waals surface area (Å²) >= 11 is 0. The second kappa shape index (κ2) is 12.0. The molecule has 0 radical (unpaired) electrons.